The molecule has 0 heterocycles. The van der Waals surface area contributed by atoms with E-state index in [0.29, 0.717) is 0 Å². The molecule has 1 nitrogen and oxygen atoms in total. The zero-order valence-corrected chi connectivity index (χ0v) is 28.0. The lowest BCUT2D eigenvalue weighted by atomic mass is 9.96. The zero-order valence-electron chi connectivity index (χ0n) is 28.0. The molecule has 0 aliphatic rings. The van der Waals surface area contributed by atoms with E-state index in [2.05, 4.69) is 207 Å². The third kappa shape index (κ3) is 7.70. The van der Waals surface area contributed by atoms with Crippen LogP contribution < -0.4 is 4.90 Å². The topological polar surface area (TPSA) is 3.24 Å². The molecule has 0 radical (unpaired) electrons. The third-order valence-electron chi connectivity index (χ3n) is 8.85. The average Bonchev–Trinajstić information content (AvgIpc) is 3.15. The predicted octanol–water partition coefficient (Wildman–Crippen LogP) is 13.4. The Morgan fingerprint density at radius 2 is 0.653 bits per heavy atom. The highest BCUT2D eigenvalue weighted by molar-refractivity contribution is 5.95. The quantitative estimate of drug-likeness (QED) is 0.144. The van der Waals surface area contributed by atoms with E-state index in [1.54, 1.807) is 0 Å². The van der Waals surface area contributed by atoms with Gasteiger partial charge in [0.1, 0.15) is 0 Å². The fourth-order valence-corrected chi connectivity index (χ4v) is 6.24. The monoisotopic (exact) mass is 629 g/mol. The van der Waals surface area contributed by atoms with Crippen molar-refractivity contribution < 1.29 is 0 Å². The van der Waals surface area contributed by atoms with Gasteiger partial charge in [0.15, 0.2) is 0 Å². The lowest BCUT2D eigenvalue weighted by Crippen LogP contribution is -2.10. The SMILES string of the molecule is Cc1cc(N(c2ccc(C=Cc3ccccc3)cc2)c2ccc(C=Cc3ccccc3)cc2)cc2c(C)cc(C=Cc3ccccc3)cc12. The third-order valence-corrected chi connectivity index (χ3v) is 8.85. The molecule has 0 N–H and O–H groups in total. The van der Waals surface area contributed by atoms with Crippen LogP contribution in [0, 0.1) is 13.8 Å². The van der Waals surface area contributed by atoms with Crippen LogP contribution in [-0.4, -0.2) is 0 Å². The summed E-state index contributed by atoms with van der Waals surface area (Å²) in [5.74, 6) is 0. The lowest BCUT2D eigenvalue weighted by Gasteiger charge is -2.27. The molecule has 0 bridgehead atoms. The predicted molar refractivity (Wildman–Crippen MR) is 214 cm³/mol. The van der Waals surface area contributed by atoms with Crippen molar-refractivity contribution in [2.75, 3.05) is 4.90 Å². The molecular formula is C48H39N. The molecule has 0 spiro atoms. The molecular weight excluding hydrogens is 591 g/mol. The van der Waals surface area contributed by atoms with E-state index < -0.39 is 0 Å². The molecule has 49 heavy (non-hydrogen) atoms. The molecule has 0 aliphatic heterocycles. The fourth-order valence-electron chi connectivity index (χ4n) is 6.24. The van der Waals surface area contributed by atoms with Gasteiger partial charge in [-0.15, -0.1) is 0 Å². The smallest absolute Gasteiger partial charge is 0.0470 e. The number of fused-ring (bicyclic) bond motifs is 1. The number of benzene rings is 7. The van der Waals surface area contributed by atoms with E-state index in [4.69, 9.17) is 0 Å². The van der Waals surface area contributed by atoms with Crippen molar-refractivity contribution in [3.8, 4) is 0 Å². The summed E-state index contributed by atoms with van der Waals surface area (Å²) < 4.78 is 0. The molecule has 0 aromatic heterocycles. The van der Waals surface area contributed by atoms with Crippen molar-refractivity contribution >= 4 is 64.3 Å². The number of hydrogen-bond acceptors (Lipinski definition) is 1. The maximum absolute atomic E-state index is 2.37. The van der Waals surface area contributed by atoms with Gasteiger partial charge in [0.25, 0.3) is 0 Å². The minimum absolute atomic E-state index is 1.11. The standard InChI is InChI=1S/C48H39N/c1-36-32-43(23-22-40-16-10-5-11-17-40)34-47-37(2)33-46(35-48(36)47)49(44-28-24-41(25-29-44)20-18-38-12-6-3-7-13-38)45-30-26-42(27-31-45)21-19-39-14-8-4-9-15-39/h3-35H,1-2H3. The van der Waals surface area contributed by atoms with Crippen LogP contribution in [0.1, 0.15) is 44.5 Å². The Hall–Kier alpha value is -6.18. The van der Waals surface area contributed by atoms with Crippen molar-refractivity contribution in [1.82, 2.24) is 0 Å². The molecule has 7 aromatic rings. The summed E-state index contributed by atoms with van der Waals surface area (Å²) in [4.78, 5) is 2.37. The summed E-state index contributed by atoms with van der Waals surface area (Å²) in [6.45, 7) is 4.45. The molecule has 7 rings (SSSR count). The number of aryl methyl sites for hydroxylation is 2. The van der Waals surface area contributed by atoms with Crippen LogP contribution in [0.5, 0.6) is 0 Å². The molecule has 1 heteroatoms. The Balaban J connectivity index is 1.25. The van der Waals surface area contributed by atoms with Gasteiger partial charge < -0.3 is 4.90 Å². The molecule has 0 saturated heterocycles. The van der Waals surface area contributed by atoms with E-state index in [-0.39, 0.29) is 0 Å². The second-order valence-electron chi connectivity index (χ2n) is 12.4. The van der Waals surface area contributed by atoms with Crippen LogP contribution in [0.2, 0.25) is 0 Å². The number of nitrogens with zero attached hydrogens (tertiary/aromatic N) is 1. The minimum atomic E-state index is 1.11. The second-order valence-corrected chi connectivity index (χ2v) is 12.4. The van der Waals surface area contributed by atoms with Crippen LogP contribution in [0.3, 0.4) is 0 Å². The fraction of sp³-hybridized carbons (Fsp3) is 0.0417. The highest BCUT2D eigenvalue weighted by atomic mass is 15.1. The lowest BCUT2D eigenvalue weighted by molar-refractivity contribution is 1.28. The molecule has 0 fully saturated rings. The first kappa shape index (κ1) is 31.4. The first-order valence-electron chi connectivity index (χ1n) is 16.8. The molecule has 0 saturated carbocycles. The van der Waals surface area contributed by atoms with E-state index >= 15 is 0 Å². The molecule has 236 valence electrons. The van der Waals surface area contributed by atoms with E-state index in [9.17, 15) is 0 Å². The Morgan fingerprint density at radius 1 is 0.306 bits per heavy atom. The Bertz CT molecular complexity index is 2150. The van der Waals surface area contributed by atoms with Gasteiger partial charge in [0, 0.05) is 17.1 Å². The van der Waals surface area contributed by atoms with E-state index in [1.165, 1.54) is 44.2 Å². The van der Waals surface area contributed by atoms with Crippen LogP contribution in [0.15, 0.2) is 164 Å². The number of anilines is 3. The van der Waals surface area contributed by atoms with E-state index in [0.717, 1.165) is 28.2 Å². The van der Waals surface area contributed by atoms with Crippen molar-refractivity contribution in [3.63, 3.8) is 0 Å². The van der Waals surface area contributed by atoms with Crippen molar-refractivity contribution in [2.24, 2.45) is 0 Å². The Kier molecular flexibility index (Phi) is 9.43. The Morgan fingerprint density at radius 3 is 1.08 bits per heavy atom. The largest absolute Gasteiger partial charge is 0.310 e. The molecule has 0 aliphatic carbocycles. The molecule has 0 unspecified atom stereocenters. The average molecular weight is 630 g/mol. The minimum Gasteiger partial charge on any atom is -0.310 e. The maximum Gasteiger partial charge on any atom is 0.0470 e. The summed E-state index contributed by atoms with van der Waals surface area (Å²) in [5, 5.41) is 2.54. The highest BCUT2D eigenvalue weighted by Crippen LogP contribution is 2.39. The first-order chi connectivity index (χ1) is 24.1. The van der Waals surface area contributed by atoms with Gasteiger partial charge >= 0.3 is 0 Å². The van der Waals surface area contributed by atoms with Crippen LogP contribution >= 0.6 is 0 Å². The van der Waals surface area contributed by atoms with Gasteiger partial charge in [-0.3, -0.25) is 0 Å². The summed E-state index contributed by atoms with van der Waals surface area (Å²) in [5.41, 5.74) is 13.0. The van der Waals surface area contributed by atoms with Gasteiger partial charge in [-0.25, -0.2) is 0 Å². The first-order valence-corrected chi connectivity index (χ1v) is 16.8. The maximum atomic E-state index is 2.37. The summed E-state index contributed by atoms with van der Waals surface area (Å²) in [7, 11) is 0. The van der Waals surface area contributed by atoms with Gasteiger partial charge in [-0.1, -0.05) is 158 Å². The van der Waals surface area contributed by atoms with Crippen LogP contribution in [0.4, 0.5) is 17.1 Å². The van der Waals surface area contributed by atoms with Crippen molar-refractivity contribution in [3.05, 3.63) is 208 Å². The molecule has 7 aromatic carbocycles. The van der Waals surface area contributed by atoms with Gasteiger partial charge in [0.2, 0.25) is 0 Å². The van der Waals surface area contributed by atoms with Gasteiger partial charge in [-0.05, 0) is 112 Å². The van der Waals surface area contributed by atoms with Crippen LogP contribution in [0.25, 0.3) is 47.2 Å². The number of rotatable bonds is 9. The Labute approximate surface area is 290 Å². The van der Waals surface area contributed by atoms with Crippen LogP contribution in [-0.2, 0) is 0 Å². The van der Waals surface area contributed by atoms with E-state index in [1.807, 2.05) is 12.1 Å². The second kappa shape index (κ2) is 14.7. The summed E-state index contributed by atoms with van der Waals surface area (Å²) in [6.07, 6.45) is 13.1. The van der Waals surface area contributed by atoms with Gasteiger partial charge in [-0.2, -0.15) is 0 Å². The highest BCUT2D eigenvalue weighted by Gasteiger charge is 2.15. The number of hydrogen-bond donors (Lipinski definition) is 0. The zero-order chi connectivity index (χ0) is 33.4. The summed E-state index contributed by atoms with van der Waals surface area (Å²) in [6, 6.07) is 58.3. The normalized spacial score (nSPS) is 11.6. The van der Waals surface area contributed by atoms with Crippen molar-refractivity contribution in [2.45, 2.75) is 13.8 Å². The molecule has 0 amide bonds. The van der Waals surface area contributed by atoms with Crippen molar-refractivity contribution in [1.29, 1.82) is 0 Å². The molecule has 0 atom stereocenters. The summed E-state index contributed by atoms with van der Waals surface area (Å²) >= 11 is 0. The van der Waals surface area contributed by atoms with Gasteiger partial charge in [0.05, 0.1) is 0 Å².